The number of nitro benzene ring substituents is 2. The van der Waals surface area contributed by atoms with Gasteiger partial charge in [-0.2, -0.15) is 0 Å². The molecule has 0 aromatic heterocycles. The summed E-state index contributed by atoms with van der Waals surface area (Å²) < 4.78 is 5.19. The van der Waals surface area contributed by atoms with E-state index in [2.05, 4.69) is 5.32 Å². The molecule has 2 aliphatic rings. The molecule has 2 aliphatic heterocycles. The number of non-ortho nitro benzene ring substituents is 1. The van der Waals surface area contributed by atoms with Crippen LogP contribution in [0.5, 0.6) is 0 Å². The number of nitrogens with zero attached hydrogens (tertiary/aromatic N) is 3. The van der Waals surface area contributed by atoms with E-state index in [-0.39, 0.29) is 47.2 Å². The molecule has 1 fully saturated rings. The molecule has 0 saturated carbocycles. The van der Waals surface area contributed by atoms with E-state index in [1.807, 2.05) is 0 Å². The van der Waals surface area contributed by atoms with Crippen molar-refractivity contribution in [2.75, 3.05) is 5.75 Å². The van der Waals surface area contributed by atoms with E-state index < -0.39 is 39.0 Å². The number of aliphatic hydroxyl groups is 1. The number of benzene rings is 2. The second-order valence-corrected chi connectivity index (χ2v) is 8.92. The summed E-state index contributed by atoms with van der Waals surface area (Å²) in [4.78, 5) is 59.7. The van der Waals surface area contributed by atoms with Crippen LogP contribution in [0.1, 0.15) is 11.1 Å². The Morgan fingerprint density at radius 1 is 1.11 bits per heavy atom. The number of fused-ring (bicyclic) bond motifs is 1. The second-order valence-electron chi connectivity index (χ2n) is 7.81. The Kier molecular flexibility index (Phi) is 6.87. The fraction of sp³-hybridized carbons (Fsp3) is 0.227. The zero-order valence-electron chi connectivity index (χ0n) is 18.4. The summed E-state index contributed by atoms with van der Waals surface area (Å²) in [6.07, 6.45) is -0.316. The molecule has 0 bridgehead atoms. The molecule has 186 valence electrons. The Balaban J connectivity index is 1.39. The maximum Gasteiger partial charge on any atom is 0.358 e. The predicted octanol–water partition coefficient (Wildman–Crippen LogP) is 1.96. The molecule has 2 N–H and O–H groups in total. The van der Waals surface area contributed by atoms with E-state index in [9.17, 15) is 39.7 Å². The van der Waals surface area contributed by atoms with Crippen LogP contribution in [-0.4, -0.2) is 54.8 Å². The van der Waals surface area contributed by atoms with Gasteiger partial charge in [0, 0.05) is 23.8 Å². The third kappa shape index (κ3) is 4.84. The average Bonchev–Trinajstić information content (AvgIpc) is 2.86. The second kappa shape index (κ2) is 10.0. The zero-order valence-corrected chi connectivity index (χ0v) is 19.2. The molecule has 13 nitrogen and oxygen atoms in total. The highest BCUT2D eigenvalue weighted by atomic mass is 32.2. The van der Waals surface area contributed by atoms with Gasteiger partial charge in [0.1, 0.15) is 23.8 Å². The van der Waals surface area contributed by atoms with E-state index in [0.29, 0.717) is 5.56 Å². The van der Waals surface area contributed by atoms with Gasteiger partial charge in [0.25, 0.3) is 17.3 Å². The fourth-order valence-corrected chi connectivity index (χ4v) is 4.96. The zero-order chi connectivity index (χ0) is 26.0. The van der Waals surface area contributed by atoms with Crippen LogP contribution in [-0.2, 0) is 32.1 Å². The van der Waals surface area contributed by atoms with Crippen molar-refractivity contribution in [2.45, 2.75) is 24.4 Å². The van der Waals surface area contributed by atoms with Gasteiger partial charge in [-0.05, 0) is 17.7 Å². The topological polar surface area (TPSA) is 182 Å². The Labute approximate surface area is 207 Å². The van der Waals surface area contributed by atoms with Crippen LogP contribution in [0.4, 0.5) is 11.4 Å². The van der Waals surface area contributed by atoms with Crippen molar-refractivity contribution >= 4 is 40.9 Å². The molecule has 2 heterocycles. The Bertz CT molecular complexity index is 1290. The number of nitrogens with one attached hydrogen (secondary N) is 1. The quantitative estimate of drug-likeness (QED) is 0.229. The summed E-state index contributed by atoms with van der Waals surface area (Å²) in [5.74, 6) is -2.58. The summed E-state index contributed by atoms with van der Waals surface area (Å²) in [6.45, 7) is -0.247. The van der Waals surface area contributed by atoms with E-state index in [0.717, 1.165) is 16.7 Å². The van der Waals surface area contributed by atoms with Gasteiger partial charge in [0.2, 0.25) is 5.91 Å². The van der Waals surface area contributed by atoms with Crippen LogP contribution in [0.3, 0.4) is 0 Å². The number of hydrogen-bond donors (Lipinski definition) is 2. The summed E-state index contributed by atoms with van der Waals surface area (Å²) in [5, 5.41) is 34.0. The van der Waals surface area contributed by atoms with Crippen molar-refractivity contribution in [3.05, 3.63) is 91.3 Å². The van der Waals surface area contributed by atoms with Crippen LogP contribution < -0.4 is 5.32 Å². The molecule has 0 spiro atoms. The molecule has 2 aromatic rings. The summed E-state index contributed by atoms with van der Waals surface area (Å²) in [6, 6.07) is 10.1. The van der Waals surface area contributed by atoms with Crippen molar-refractivity contribution < 1.29 is 34.1 Å². The smallest absolute Gasteiger partial charge is 0.358 e. The lowest BCUT2D eigenvalue weighted by atomic mass is 10.0. The minimum Gasteiger partial charge on any atom is -0.509 e. The van der Waals surface area contributed by atoms with Crippen molar-refractivity contribution in [3.8, 4) is 0 Å². The van der Waals surface area contributed by atoms with Crippen LogP contribution in [0, 0.1) is 20.2 Å². The van der Waals surface area contributed by atoms with E-state index in [4.69, 9.17) is 4.74 Å². The number of hydrogen-bond acceptors (Lipinski definition) is 10. The number of aliphatic hydroxyl groups excluding tert-OH is 1. The van der Waals surface area contributed by atoms with Gasteiger partial charge in [0.15, 0.2) is 5.70 Å². The number of ether oxygens (including phenoxy) is 1. The summed E-state index contributed by atoms with van der Waals surface area (Å²) in [5.41, 5.74) is -0.0282. The molecule has 1 saturated heterocycles. The van der Waals surface area contributed by atoms with E-state index >= 15 is 0 Å². The molecule has 2 atom stereocenters. The molecule has 36 heavy (non-hydrogen) atoms. The minimum atomic E-state index is -0.990. The molecule has 14 heteroatoms. The largest absolute Gasteiger partial charge is 0.509 e. The van der Waals surface area contributed by atoms with Gasteiger partial charge < -0.3 is 15.2 Å². The number of carbonyl (C=O) groups is 3. The highest BCUT2D eigenvalue weighted by molar-refractivity contribution is 8.00. The van der Waals surface area contributed by atoms with Crippen LogP contribution in [0.15, 0.2) is 60.0 Å². The van der Waals surface area contributed by atoms with Crippen molar-refractivity contribution in [1.82, 2.24) is 10.2 Å². The van der Waals surface area contributed by atoms with Gasteiger partial charge in [-0.3, -0.25) is 34.7 Å². The number of β-lactam (4-membered cyclic amide) rings is 1. The first-order valence-corrected chi connectivity index (χ1v) is 11.5. The molecule has 2 aromatic carbocycles. The monoisotopic (exact) mass is 514 g/mol. The lowest BCUT2D eigenvalue weighted by Gasteiger charge is -2.48. The normalized spacial score (nSPS) is 18.7. The van der Waals surface area contributed by atoms with E-state index in [1.54, 1.807) is 6.07 Å². The number of thioether (sulfide) groups is 1. The Hall–Kier alpha value is -4.46. The standard InChI is InChI=1S/C22H18N4O9S/c27-16-11-36-21-18(23-17(28)9-13-3-1-2-4-15(13)26(33)34)20(29)24(21)19(16)22(30)35-10-12-5-7-14(8-6-12)25(31)32/h1-8,18,21,27H,9-11H2,(H,23,28)/t18?,21-/m0/s1. The molecule has 0 aliphatic carbocycles. The molecule has 0 radical (unpaired) electrons. The molecular weight excluding hydrogens is 496 g/mol. The minimum absolute atomic E-state index is 0.00700. The van der Waals surface area contributed by atoms with Crippen LogP contribution >= 0.6 is 11.8 Å². The lowest BCUT2D eigenvalue weighted by Crippen LogP contribution is -2.70. The molecular formula is C22H18N4O9S. The van der Waals surface area contributed by atoms with Gasteiger partial charge >= 0.3 is 5.97 Å². The first-order valence-electron chi connectivity index (χ1n) is 10.5. The SMILES string of the molecule is O=C(Cc1ccccc1[N+](=O)[O-])NC1C(=O)N2C(C(=O)OCc3ccc([N+](=O)[O-])cc3)=C(O)CS[C@@H]12. The molecule has 2 amide bonds. The first kappa shape index (κ1) is 24.7. The summed E-state index contributed by atoms with van der Waals surface area (Å²) in [7, 11) is 0. The third-order valence-electron chi connectivity index (χ3n) is 5.51. The highest BCUT2D eigenvalue weighted by Crippen LogP contribution is 2.40. The van der Waals surface area contributed by atoms with Gasteiger partial charge in [-0.15, -0.1) is 11.8 Å². The van der Waals surface area contributed by atoms with Crippen LogP contribution in [0.2, 0.25) is 0 Å². The first-order chi connectivity index (χ1) is 17.2. The predicted molar refractivity (Wildman–Crippen MR) is 124 cm³/mol. The van der Waals surface area contributed by atoms with Crippen molar-refractivity contribution in [2.24, 2.45) is 0 Å². The number of esters is 1. The lowest BCUT2D eigenvalue weighted by molar-refractivity contribution is -0.385. The van der Waals surface area contributed by atoms with Gasteiger partial charge in [-0.1, -0.05) is 18.2 Å². The van der Waals surface area contributed by atoms with Crippen molar-refractivity contribution in [1.29, 1.82) is 0 Å². The number of nitro groups is 2. The maximum atomic E-state index is 12.8. The number of para-hydroxylation sites is 1. The number of rotatable bonds is 8. The third-order valence-corrected chi connectivity index (χ3v) is 6.78. The Morgan fingerprint density at radius 3 is 2.47 bits per heavy atom. The Morgan fingerprint density at radius 2 is 1.81 bits per heavy atom. The molecule has 4 rings (SSSR count). The molecule has 1 unspecified atom stereocenters. The van der Waals surface area contributed by atoms with Crippen LogP contribution in [0.25, 0.3) is 0 Å². The number of carbonyl (C=O) groups excluding carboxylic acids is 3. The highest BCUT2D eigenvalue weighted by Gasteiger charge is 2.54. The average molecular weight is 514 g/mol. The summed E-state index contributed by atoms with van der Waals surface area (Å²) >= 11 is 1.13. The van der Waals surface area contributed by atoms with E-state index in [1.165, 1.54) is 42.5 Å². The maximum absolute atomic E-state index is 12.8. The fourth-order valence-electron chi connectivity index (χ4n) is 3.76. The number of amides is 2. The van der Waals surface area contributed by atoms with Gasteiger partial charge in [-0.25, -0.2) is 4.79 Å². The van der Waals surface area contributed by atoms with Crippen molar-refractivity contribution in [3.63, 3.8) is 0 Å². The van der Waals surface area contributed by atoms with Gasteiger partial charge in [0.05, 0.1) is 22.0 Å².